The molecule has 1 aromatic heterocycles. The molecule has 2 aromatic carbocycles. The van der Waals surface area contributed by atoms with Crippen LogP contribution in [0.1, 0.15) is 20.8 Å². The summed E-state index contributed by atoms with van der Waals surface area (Å²) in [7, 11) is 0. The highest BCUT2D eigenvalue weighted by atomic mass is 19.1. The summed E-state index contributed by atoms with van der Waals surface area (Å²) in [5, 5.41) is 6.18. The molecule has 5 rings (SSSR count). The molecule has 0 radical (unpaired) electrons. The van der Waals surface area contributed by atoms with Crippen molar-refractivity contribution in [3.05, 3.63) is 54.0 Å². The van der Waals surface area contributed by atoms with Crippen molar-refractivity contribution in [1.29, 1.82) is 0 Å². The highest BCUT2D eigenvalue weighted by Crippen LogP contribution is 2.41. The molecular weight excluding hydrogens is 469 g/mol. The Bertz CT molecular complexity index is 1260. The van der Waals surface area contributed by atoms with E-state index in [0.717, 1.165) is 32.4 Å². The van der Waals surface area contributed by atoms with E-state index in [1.54, 1.807) is 18.2 Å². The number of rotatable bonds is 5. The van der Waals surface area contributed by atoms with Gasteiger partial charge in [-0.2, -0.15) is 0 Å². The summed E-state index contributed by atoms with van der Waals surface area (Å²) in [5.41, 5.74) is 1.70. The van der Waals surface area contributed by atoms with Gasteiger partial charge in [0.15, 0.2) is 17.4 Å². The van der Waals surface area contributed by atoms with Crippen LogP contribution in [0.4, 0.5) is 36.2 Å². The standard InChI is InChI=1S/C26H29F3N6O/c1-15(2)35-16(3)14-36-25-20(28)10-17(11-23(25)35)24-21(29)13-31-26(33-24)32-18-4-5-22(19(27)12-18)34-8-6-30-7-9-34/h4-5,10-13,15-16,30H,6-9,14H2,1-3H3,(H,31,32,33). The van der Waals surface area contributed by atoms with Gasteiger partial charge in [-0.05, 0) is 51.1 Å². The maximum Gasteiger partial charge on any atom is 0.227 e. The molecule has 36 heavy (non-hydrogen) atoms. The summed E-state index contributed by atoms with van der Waals surface area (Å²) in [5.74, 6) is -1.43. The minimum Gasteiger partial charge on any atom is -0.486 e. The Morgan fingerprint density at radius 1 is 1.03 bits per heavy atom. The van der Waals surface area contributed by atoms with Crippen molar-refractivity contribution < 1.29 is 17.9 Å². The molecule has 1 fully saturated rings. The van der Waals surface area contributed by atoms with Gasteiger partial charge < -0.3 is 25.2 Å². The molecule has 1 saturated heterocycles. The third-order valence-corrected chi connectivity index (χ3v) is 6.48. The van der Waals surface area contributed by atoms with Gasteiger partial charge in [-0.3, -0.25) is 0 Å². The molecule has 10 heteroatoms. The van der Waals surface area contributed by atoms with Gasteiger partial charge in [0.05, 0.1) is 23.6 Å². The molecule has 190 valence electrons. The van der Waals surface area contributed by atoms with Crippen LogP contribution in [0.25, 0.3) is 11.3 Å². The smallest absolute Gasteiger partial charge is 0.227 e. The molecule has 7 nitrogen and oxygen atoms in total. The molecule has 2 N–H and O–H groups in total. The molecule has 3 heterocycles. The van der Waals surface area contributed by atoms with E-state index >= 15 is 4.39 Å². The highest BCUT2D eigenvalue weighted by Gasteiger charge is 2.30. The predicted octanol–water partition coefficient (Wildman–Crippen LogP) is 4.71. The monoisotopic (exact) mass is 498 g/mol. The first-order chi connectivity index (χ1) is 17.3. The first-order valence-corrected chi connectivity index (χ1v) is 12.1. The number of piperazine rings is 1. The summed E-state index contributed by atoms with van der Waals surface area (Å²) in [6.45, 7) is 9.43. The van der Waals surface area contributed by atoms with Gasteiger partial charge >= 0.3 is 0 Å². The van der Waals surface area contributed by atoms with Gasteiger partial charge in [0.1, 0.15) is 18.1 Å². The maximum absolute atomic E-state index is 15.0. The maximum atomic E-state index is 15.0. The van der Waals surface area contributed by atoms with Crippen LogP contribution < -0.4 is 25.2 Å². The van der Waals surface area contributed by atoms with Crippen LogP contribution in [-0.4, -0.2) is 54.8 Å². The molecular formula is C26H29F3N6O. The number of benzene rings is 2. The van der Waals surface area contributed by atoms with Crippen LogP contribution in [0, 0.1) is 17.5 Å². The Balaban J connectivity index is 1.45. The zero-order chi connectivity index (χ0) is 25.4. The first-order valence-electron chi connectivity index (χ1n) is 12.1. The normalized spacial score (nSPS) is 17.7. The Morgan fingerprint density at radius 2 is 1.81 bits per heavy atom. The number of hydrogen-bond donors (Lipinski definition) is 2. The van der Waals surface area contributed by atoms with E-state index in [2.05, 4.69) is 20.6 Å². The largest absolute Gasteiger partial charge is 0.486 e. The van der Waals surface area contributed by atoms with Crippen LogP contribution in [-0.2, 0) is 0 Å². The molecule has 3 aromatic rings. The van der Waals surface area contributed by atoms with Gasteiger partial charge in [-0.25, -0.2) is 23.1 Å². The summed E-state index contributed by atoms with van der Waals surface area (Å²) >= 11 is 0. The van der Waals surface area contributed by atoms with E-state index in [0.29, 0.717) is 23.7 Å². The van der Waals surface area contributed by atoms with Crippen molar-refractivity contribution in [3.8, 4) is 17.0 Å². The Hall–Kier alpha value is -3.53. The first kappa shape index (κ1) is 24.2. The molecule has 2 aliphatic heterocycles. The lowest BCUT2D eigenvalue weighted by Gasteiger charge is -2.40. The van der Waals surface area contributed by atoms with E-state index < -0.39 is 11.6 Å². The SMILES string of the molecule is CC(C)N1c2cc(-c3nc(Nc4ccc(N5CCNCC5)c(F)c4)ncc3F)cc(F)c2OCC1C. The van der Waals surface area contributed by atoms with Crippen molar-refractivity contribution in [2.24, 2.45) is 0 Å². The minimum absolute atomic E-state index is 0.0266. The average molecular weight is 499 g/mol. The van der Waals surface area contributed by atoms with Crippen LogP contribution >= 0.6 is 0 Å². The van der Waals surface area contributed by atoms with E-state index in [4.69, 9.17) is 4.74 Å². The quantitative estimate of drug-likeness (QED) is 0.528. The van der Waals surface area contributed by atoms with Gasteiger partial charge in [0.2, 0.25) is 5.95 Å². The number of hydrogen-bond acceptors (Lipinski definition) is 7. The topological polar surface area (TPSA) is 65.6 Å². The van der Waals surface area contributed by atoms with Crippen molar-refractivity contribution in [1.82, 2.24) is 15.3 Å². The summed E-state index contributed by atoms with van der Waals surface area (Å²) in [6, 6.07) is 7.80. The van der Waals surface area contributed by atoms with Crippen molar-refractivity contribution in [2.45, 2.75) is 32.9 Å². The average Bonchev–Trinajstić information content (AvgIpc) is 2.85. The van der Waals surface area contributed by atoms with Gasteiger partial charge in [-0.1, -0.05) is 0 Å². The van der Waals surface area contributed by atoms with Gasteiger partial charge in [-0.15, -0.1) is 0 Å². The van der Waals surface area contributed by atoms with E-state index in [9.17, 15) is 8.78 Å². The zero-order valence-electron chi connectivity index (χ0n) is 20.5. The van der Waals surface area contributed by atoms with Gasteiger partial charge in [0, 0.05) is 43.5 Å². The summed E-state index contributed by atoms with van der Waals surface area (Å²) in [4.78, 5) is 12.3. The van der Waals surface area contributed by atoms with E-state index in [-0.39, 0.29) is 40.9 Å². The minimum atomic E-state index is -0.694. The molecule has 0 aliphatic carbocycles. The van der Waals surface area contributed by atoms with Crippen molar-refractivity contribution in [2.75, 3.05) is 47.9 Å². The molecule has 1 unspecified atom stereocenters. The number of nitrogens with one attached hydrogen (secondary N) is 2. The molecule has 0 saturated carbocycles. The van der Waals surface area contributed by atoms with Crippen molar-refractivity contribution >= 4 is 23.0 Å². The fourth-order valence-electron chi connectivity index (χ4n) is 4.86. The van der Waals surface area contributed by atoms with Crippen LogP contribution in [0.15, 0.2) is 36.5 Å². The second kappa shape index (κ2) is 9.85. The number of aromatic nitrogens is 2. The third-order valence-electron chi connectivity index (χ3n) is 6.48. The Labute approximate surface area is 208 Å². The van der Waals surface area contributed by atoms with Gasteiger partial charge in [0.25, 0.3) is 0 Å². The second-order valence-corrected chi connectivity index (χ2v) is 9.39. The molecule has 0 spiro atoms. The molecule has 0 bridgehead atoms. The molecule has 1 atom stereocenters. The Morgan fingerprint density at radius 3 is 2.53 bits per heavy atom. The Kier molecular flexibility index (Phi) is 6.61. The van der Waals surface area contributed by atoms with E-state index in [1.165, 1.54) is 12.1 Å². The van der Waals surface area contributed by atoms with Crippen LogP contribution in [0.2, 0.25) is 0 Å². The van der Waals surface area contributed by atoms with Crippen LogP contribution in [0.5, 0.6) is 5.75 Å². The highest BCUT2D eigenvalue weighted by molar-refractivity contribution is 5.73. The summed E-state index contributed by atoms with van der Waals surface area (Å²) < 4.78 is 50.3. The summed E-state index contributed by atoms with van der Waals surface area (Å²) in [6.07, 6.45) is 1.02. The third kappa shape index (κ3) is 4.65. The second-order valence-electron chi connectivity index (χ2n) is 9.39. The predicted molar refractivity (Wildman–Crippen MR) is 135 cm³/mol. The number of halogens is 3. The molecule has 2 aliphatic rings. The number of nitrogens with zero attached hydrogens (tertiary/aromatic N) is 4. The lowest BCUT2D eigenvalue weighted by molar-refractivity contribution is 0.252. The lowest BCUT2D eigenvalue weighted by Crippen LogP contribution is -2.45. The number of fused-ring (bicyclic) bond motifs is 1. The van der Waals surface area contributed by atoms with Crippen LogP contribution in [0.3, 0.4) is 0 Å². The lowest BCUT2D eigenvalue weighted by atomic mass is 10.0. The number of ether oxygens (including phenoxy) is 1. The van der Waals surface area contributed by atoms with Crippen molar-refractivity contribution in [3.63, 3.8) is 0 Å². The number of anilines is 4. The molecule has 0 amide bonds. The fraction of sp³-hybridized carbons (Fsp3) is 0.385. The fourth-order valence-corrected chi connectivity index (χ4v) is 4.86. The zero-order valence-corrected chi connectivity index (χ0v) is 20.5. The van der Waals surface area contributed by atoms with E-state index in [1.807, 2.05) is 30.6 Å².